The lowest BCUT2D eigenvalue weighted by molar-refractivity contribution is 0.483. The Morgan fingerprint density at radius 2 is 2.09 bits per heavy atom. The van der Waals surface area contributed by atoms with Gasteiger partial charge in [-0.1, -0.05) is 13.8 Å². The zero-order valence-corrected chi connectivity index (χ0v) is 7.85. The van der Waals surface area contributed by atoms with Gasteiger partial charge in [-0.25, -0.2) is 0 Å². The number of nitrogens with one attached hydrogen (secondary N) is 2. The molecule has 0 aliphatic heterocycles. The number of hydrogen-bond donors (Lipinski definition) is 2. The largest absolute Gasteiger partial charge is 0.319 e. The molecule has 3 atom stereocenters. The fourth-order valence-electron chi connectivity index (χ4n) is 1.38. The Hall–Kier alpha value is -0.0800. The van der Waals surface area contributed by atoms with Gasteiger partial charge in [0.25, 0.3) is 0 Å². The summed E-state index contributed by atoms with van der Waals surface area (Å²) in [5.41, 5.74) is 0. The van der Waals surface area contributed by atoms with Gasteiger partial charge in [0.15, 0.2) is 0 Å². The van der Waals surface area contributed by atoms with E-state index in [1.54, 1.807) is 0 Å². The molecular formula is C9H20N2. The minimum atomic E-state index is 0.757. The Morgan fingerprint density at radius 3 is 2.55 bits per heavy atom. The molecule has 0 bridgehead atoms. The Bertz CT molecular complexity index is 114. The number of hydrogen-bond acceptors (Lipinski definition) is 2. The van der Waals surface area contributed by atoms with Crippen molar-refractivity contribution in [1.29, 1.82) is 0 Å². The monoisotopic (exact) mass is 156 g/mol. The lowest BCUT2D eigenvalue weighted by Gasteiger charge is -2.10. The van der Waals surface area contributed by atoms with Crippen LogP contribution in [0, 0.1) is 11.8 Å². The molecule has 3 unspecified atom stereocenters. The van der Waals surface area contributed by atoms with Crippen molar-refractivity contribution in [2.24, 2.45) is 11.8 Å². The van der Waals surface area contributed by atoms with E-state index in [2.05, 4.69) is 24.5 Å². The molecule has 1 fully saturated rings. The van der Waals surface area contributed by atoms with E-state index in [9.17, 15) is 0 Å². The SMILES string of the molecule is CNCC(C)CNC1CC1C. The van der Waals surface area contributed by atoms with Crippen molar-refractivity contribution in [3.63, 3.8) is 0 Å². The molecule has 11 heavy (non-hydrogen) atoms. The highest BCUT2D eigenvalue weighted by atomic mass is 15.0. The molecule has 0 aromatic carbocycles. The van der Waals surface area contributed by atoms with Gasteiger partial charge in [-0.3, -0.25) is 0 Å². The molecular weight excluding hydrogens is 136 g/mol. The highest BCUT2D eigenvalue weighted by Crippen LogP contribution is 2.28. The Balaban J connectivity index is 1.94. The Morgan fingerprint density at radius 1 is 1.45 bits per heavy atom. The third-order valence-corrected chi connectivity index (χ3v) is 2.39. The zero-order valence-electron chi connectivity index (χ0n) is 7.85. The first-order chi connectivity index (χ1) is 5.24. The predicted molar refractivity (Wildman–Crippen MR) is 48.7 cm³/mol. The second kappa shape index (κ2) is 4.07. The summed E-state index contributed by atoms with van der Waals surface area (Å²) in [7, 11) is 2.01. The van der Waals surface area contributed by atoms with Crippen LogP contribution in [0.5, 0.6) is 0 Å². The van der Waals surface area contributed by atoms with Gasteiger partial charge in [0, 0.05) is 6.04 Å². The summed E-state index contributed by atoms with van der Waals surface area (Å²) in [6.45, 7) is 6.86. The van der Waals surface area contributed by atoms with Gasteiger partial charge in [-0.15, -0.1) is 0 Å². The number of rotatable bonds is 5. The summed E-state index contributed by atoms with van der Waals surface area (Å²) in [5, 5.41) is 6.73. The summed E-state index contributed by atoms with van der Waals surface area (Å²) in [6, 6.07) is 0.828. The van der Waals surface area contributed by atoms with Crippen LogP contribution in [0.3, 0.4) is 0 Å². The standard InChI is InChI=1S/C9H20N2/c1-7(5-10-3)6-11-9-4-8(9)2/h7-11H,4-6H2,1-3H3. The molecule has 1 aliphatic rings. The van der Waals surface area contributed by atoms with E-state index >= 15 is 0 Å². The second-order valence-corrected chi connectivity index (χ2v) is 3.89. The molecule has 2 nitrogen and oxygen atoms in total. The maximum atomic E-state index is 3.55. The first kappa shape index (κ1) is 9.01. The normalized spacial score (nSPS) is 31.9. The van der Waals surface area contributed by atoms with E-state index in [1.807, 2.05) is 7.05 Å². The van der Waals surface area contributed by atoms with E-state index in [0.29, 0.717) is 0 Å². The molecule has 0 aromatic rings. The van der Waals surface area contributed by atoms with Gasteiger partial charge >= 0.3 is 0 Å². The summed E-state index contributed by atoms with van der Waals surface area (Å²) in [6.07, 6.45) is 1.38. The fraction of sp³-hybridized carbons (Fsp3) is 1.00. The van der Waals surface area contributed by atoms with Crippen LogP contribution >= 0.6 is 0 Å². The van der Waals surface area contributed by atoms with Crippen LogP contribution in [-0.4, -0.2) is 26.2 Å². The molecule has 0 amide bonds. The van der Waals surface area contributed by atoms with Gasteiger partial charge in [0.05, 0.1) is 0 Å². The van der Waals surface area contributed by atoms with Gasteiger partial charge in [0.2, 0.25) is 0 Å². The zero-order chi connectivity index (χ0) is 8.27. The molecule has 1 aliphatic carbocycles. The summed E-state index contributed by atoms with van der Waals surface area (Å²) in [5.74, 6) is 1.68. The van der Waals surface area contributed by atoms with E-state index in [1.165, 1.54) is 6.42 Å². The van der Waals surface area contributed by atoms with Crippen molar-refractivity contribution in [2.75, 3.05) is 20.1 Å². The fourth-order valence-corrected chi connectivity index (χ4v) is 1.38. The smallest absolute Gasteiger partial charge is 0.00965 e. The van der Waals surface area contributed by atoms with Gasteiger partial charge in [-0.05, 0) is 38.4 Å². The molecule has 0 radical (unpaired) electrons. The second-order valence-electron chi connectivity index (χ2n) is 3.89. The predicted octanol–water partition coefficient (Wildman–Crippen LogP) is 0.840. The van der Waals surface area contributed by atoms with Gasteiger partial charge in [-0.2, -0.15) is 0 Å². The minimum Gasteiger partial charge on any atom is -0.319 e. The highest BCUT2D eigenvalue weighted by Gasteiger charge is 2.31. The molecule has 0 saturated heterocycles. The van der Waals surface area contributed by atoms with Crippen LogP contribution in [0.15, 0.2) is 0 Å². The van der Waals surface area contributed by atoms with E-state index in [0.717, 1.165) is 31.0 Å². The van der Waals surface area contributed by atoms with E-state index in [4.69, 9.17) is 0 Å². The molecule has 0 heterocycles. The summed E-state index contributed by atoms with van der Waals surface area (Å²) in [4.78, 5) is 0. The topological polar surface area (TPSA) is 24.1 Å². The molecule has 66 valence electrons. The maximum absolute atomic E-state index is 3.55. The molecule has 0 aromatic heterocycles. The lowest BCUT2D eigenvalue weighted by atomic mass is 10.2. The van der Waals surface area contributed by atoms with Crippen LogP contribution in [0.1, 0.15) is 20.3 Å². The van der Waals surface area contributed by atoms with Crippen LogP contribution in [0.4, 0.5) is 0 Å². The van der Waals surface area contributed by atoms with Crippen molar-refractivity contribution in [3.05, 3.63) is 0 Å². The van der Waals surface area contributed by atoms with E-state index in [-0.39, 0.29) is 0 Å². The Kier molecular flexibility index (Phi) is 3.34. The van der Waals surface area contributed by atoms with Crippen molar-refractivity contribution in [1.82, 2.24) is 10.6 Å². The average Bonchev–Trinajstić information content (AvgIpc) is 2.63. The molecule has 1 saturated carbocycles. The molecule has 2 N–H and O–H groups in total. The third-order valence-electron chi connectivity index (χ3n) is 2.39. The van der Waals surface area contributed by atoms with Gasteiger partial charge in [0.1, 0.15) is 0 Å². The minimum absolute atomic E-state index is 0.757. The van der Waals surface area contributed by atoms with Crippen molar-refractivity contribution in [2.45, 2.75) is 26.3 Å². The first-order valence-corrected chi connectivity index (χ1v) is 4.62. The average molecular weight is 156 g/mol. The quantitative estimate of drug-likeness (QED) is 0.616. The van der Waals surface area contributed by atoms with Crippen LogP contribution in [0.2, 0.25) is 0 Å². The molecule has 1 rings (SSSR count). The van der Waals surface area contributed by atoms with Crippen molar-refractivity contribution >= 4 is 0 Å². The Labute approximate surface area is 69.8 Å². The maximum Gasteiger partial charge on any atom is 0.00965 e. The third kappa shape index (κ3) is 3.21. The first-order valence-electron chi connectivity index (χ1n) is 4.62. The van der Waals surface area contributed by atoms with Crippen molar-refractivity contribution in [3.8, 4) is 0 Å². The highest BCUT2D eigenvalue weighted by molar-refractivity contribution is 4.89. The molecule has 2 heteroatoms. The van der Waals surface area contributed by atoms with Gasteiger partial charge < -0.3 is 10.6 Å². The van der Waals surface area contributed by atoms with Crippen LogP contribution in [0.25, 0.3) is 0 Å². The summed E-state index contributed by atoms with van der Waals surface area (Å²) < 4.78 is 0. The van der Waals surface area contributed by atoms with Crippen LogP contribution < -0.4 is 10.6 Å². The van der Waals surface area contributed by atoms with Crippen LogP contribution in [-0.2, 0) is 0 Å². The summed E-state index contributed by atoms with van der Waals surface area (Å²) >= 11 is 0. The lowest BCUT2D eigenvalue weighted by Crippen LogP contribution is -2.29. The molecule has 0 spiro atoms. The van der Waals surface area contributed by atoms with Crippen molar-refractivity contribution < 1.29 is 0 Å². The van der Waals surface area contributed by atoms with E-state index < -0.39 is 0 Å².